The molecule has 170 valence electrons. The van der Waals surface area contributed by atoms with Gasteiger partial charge in [-0.15, -0.1) is 23.4 Å². The summed E-state index contributed by atoms with van der Waals surface area (Å²) in [6, 6.07) is 4.87. The summed E-state index contributed by atoms with van der Waals surface area (Å²) in [5.74, 6) is -0.273. The molecule has 12 heteroatoms. The largest absolute Gasteiger partial charge is 0.573 e. The van der Waals surface area contributed by atoms with Crippen molar-refractivity contribution < 1.29 is 27.5 Å². The standard InChI is InChI=1S/C19H24F3N5O3S/c1-11(2)10-27-16(9-8-15(23)28)25-26-18(27)31-12(3)17(29)24-13-4-6-14(7-5-13)30-19(20,21)22/h4-7,11-12H,8-10H2,1-3H3,(H2,23,28)(H,24,29). The molecule has 1 unspecified atom stereocenters. The van der Waals surface area contributed by atoms with Crippen molar-refractivity contribution >= 4 is 29.3 Å². The number of ether oxygens (including phenoxy) is 1. The summed E-state index contributed by atoms with van der Waals surface area (Å²) in [6.45, 7) is 6.33. The van der Waals surface area contributed by atoms with Gasteiger partial charge in [0.2, 0.25) is 11.8 Å². The molecule has 1 aromatic carbocycles. The number of nitrogens with zero attached hydrogens (tertiary/aromatic N) is 3. The number of benzene rings is 1. The normalized spacial score (nSPS) is 12.6. The molecule has 1 heterocycles. The van der Waals surface area contributed by atoms with Crippen molar-refractivity contribution in [3.63, 3.8) is 0 Å². The van der Waals surface area contributed by atoms with Gasteiger partial charge in [0.1, 0.15) is 11.6 Å². The quantitative estimate of drug-likeness (QED) is 0.527. The first-order valence-corrected chi connectivity index (χ1v) is 10.4. The third-order valence-electron chi connectivity index (χ3n) is 3.94. The molecular weight excluding hydrogens is 435 g/mol. The summed E-state index contributed by atoms with van der Waals surface area (Å²) in [5.41, 5.74) is 5.54. The SMILES string of the molecule is CC(C)Cn1c(CCC(N)=O)nnc1SC(C)C(=O)Nc1ccc(OC(F)(F)F)cc1. The zero-order chi connectivity index (χ0) is 23.2. The van der Waals surface area contributed by atoms with Crippen LogP contribution in [-0.4, -0.2) is 38.2 Å². The number of hydrogen-bond acceptors (Lipinski definition) is 6. The summed E-state index contributed by atoms with van der Waals surface area (Å²) in [4.78, 5) is 23.6. The number of aryl methyl sites for hydroxylation is 1. The Kier molecular flexibility index (Phi) is 8.31. The van der Waals surface area contributed by atoms with Gasteiger partial charge in [0.15, 0.2) is 5.16 Å². The van der Waals surface area contributed by atoms with Crippen molar-refractivity contribution in [1.82, 2.24) is 14.8 Å². The Balaban J connectivity index is 2.04. The zero-order valence-electron chi connectivity index (χ0n) is 17.3. The van der Waals surface area contributed by atoms with Gasteiger partial charge in [-0.25, -0.2) is 0 Å². The monoisotopic (exact) mass is 459 g/mol. The molecule has 8 nitrogen and oxygen atoms in total. The number of carbonyl (C=O) groups is 2. The number of aromatic nitrogens is 3. The van der Waals surface area contributed by atoms with Crippen LogP contribution in [0.1, 0.15) is 33.0 Å². The lowest BCUT2D eigenvalue weighted by Gasteiger charge is -2.15. The molecule has 0 spiro atoms. The van der Waals surface area contributed by atoms with Crippen LogP contribution < -0.4 is 15.8 Å². The molecule has 2 amide bonds. The van der Waals surface area contributed by atoms with Gasteiger partial charge in [0.05, 0.1) is 5.25 Å². The van der Waals surface area contributed by atoms with Crippen LogP contribution in [0.5, 0.6) is 5.75 Å². The number of primary amides is 1. The smallest absolute Gasteiger partial charge is 0.406 e. The average molecular weight is 459 g/mol. The van der Waals surface area contributed by atoms with E-state index in [0.29, 0.717) is 29.6 Å². The average Bonchev–Trinajstić information content (AvgIpc) is 3.01. The van der Waals surface area contributed by atoms with Crippen LogP contribution in [0.3, 0.4) is 0 Å². The van der Waals surface area contributed by atoms with Crippen molar-refractivity contribution in [2.75, 3.05) is 5.32 Å². The molecule has 2 rings (SSSR count). The number of carbonyl (C=O) groups excluding carboxylic acids is 2. The van der Waals surface area contributed by atoms with Crippen molar-refractivity contribution in [1.29, 1.82) is 0 Å². The highest BCUT2D eigenvalue weighted by molar-refractivity contribution is 8.00. The van der Waals surface area contributed by atoms with E-state index in [0.717, 1.165) is 12.1 Å². The lowest BCUT2D eigenvalue weighted by Crippen LogP contribution is -2.23. The van der Waals surface area contributed by atoms with Crippen LogP contribution in [0.2, 0.25) is 0 Å². The molecule has 31 heavy (non-hydrogen) atoms. The number of anilines is 1. The molecule has 1 atom stereocenters. The molecule has 0 aliphatic rings. The van der Waals surface area contributed by atoms with E-state index in [9.17, 15) is 22.8 Å². The van der Waals surface area contributed by atoms with Gasteiger partial charge >= 0.3 is 6.36 Å². The number of nitrogens with two attached hydrogens (primary N) is 1. The van der Waals surface area contributed by atoms with E-state index in [1.807, 2.05) is 18.4 Å². The Hall–Kier alpha value is -2.76. The Bertz CT molecular complexity index is 900. The fraction of sp³-hybridized carbons (Fsp3) is 0.474. The van der Waals surface area contributed by atoms with E-state index in [1.165, 1.54) is 23.9 Å². The van der Waals surface area contributed by atoms with Gasteiger partial charge in [0.25, 0.3) is 0 Å². The summed E-state index contributed by atoms with van der Waals surface area (Å²) in [7, 11) is 0. The minimum Gasteiger partial charge on any atom is -0.406 e. The molecule has 3 N–H and O–H groups in total. The molecule has 0 fully saturated rings. The highest BCUT2D eigenvalue weighted by atomic mass is 32.2. The Morgan fingerprint density at radius 2 is 1.84 bits per heavy atom. The maximum atomic E-state index is 12.5. The van der Waals surface area contributed by atoms with Crippen LogP contribution in [0.25, 0.3) is 0 Å². The Morgan fingerprint density at radius 1 is 1.19 bits per heavy atom. The van der Waals surface area contributed by atoms with Crippen LogP contribution in [0.4, 0.5) is 18.9 Å². The zero-order valence-corrected chi connectivity index (χ0v) is 18.1. The van der Waals surface area contributed by atoms with Crippen LogP contribution in [-0.2, 0) is 22.6 Å². The van der Waals surface area contributed by atoms with E-state index in [4.69, 9.17) is 5.73 Å². The third kappa shape index (κ3) is 8.12. The maximum absolute atomic E-state index is 12.5. The molecule has 0 saturated carbocycles. The molecule has 0 saturated heterocycles. The van der Waals surface area contributed by atoms with E-state index in [-0.39, 0.29) is 24.0 Å². The lowest BCUT2D eigenvalue weighted by molar-refractivity contribution is -0.274. The van der Waals surface area contributed by atoms with E-state index in [2.05, 4.69) is 20.3 Å². The van der Waals surface area contributed by atoms with E-state index >= 15 is 0 Å². The lowest BCUT2D eigenvalue weighted by atomic mass is 10.2. The fourth-order valence-corrected chi connectivity index (χ4v) is 3.45. The fourth-order valence-electron chi connectivity index (χ4n) is 2.57. The first-order valence-electron chi connectivity index (χ1n) is 9.48. The van der Waals surface area contributed by atoms with E-state index in [1.54, 1.807) is 6.92 Å². The number of halogens is 3. The summed E-state index contributed by atoms with van der Waals surface area (Å²) < 4.78 is 42.4. The number of rotatable bonds is 10. The molecule has 0 bridgehead atoms. The maximum Gasteiger partial charge on any atom is 0.573 e. The molecule has 0 aliphatic heterocycles. The molecule has 1 aromatic heterocycles. The van der Waals surface area contributed by atoms with Gasteiger partial charge in [-0.2, -0.15) is 0 Å². The summed E-state index contributed by atoms with van der Waals surface area (Å²) in [6.07, 6.45) is -4.29. The van der Waals surface area contributed by atoms with Crippen molar-refractivity contribution in [3.8, 4) is 5.75 Å². The highest BCUT2D eigenvalue weighted by Gasteiger charge is 2.31. The molecule has 0 aliphatic carbocycles. The number of hydrogen-bond donors (Lipinski definition) is 2. The molecule has 2 aromatic rings. The van der Waals surface area contributed by atoms with Crippen molar-refractivity contribution in [2.45, 2.75) is 56.9 Å². The third-order valence-corrected chi connectivity index (χ3v) is 5.02. The second kappa shape index (κ2) is 10.5. The van der Waals surface area contributed by atoms with Gasteiger partial charge < -0.3 is 20.4 Å². The number of amides is 2. The van der Waals surface area contributed by atoms with Crippen LogP contribution in [0, 0.1) is 5.92 Å². The Labute approximate surface area is 181 Å². The molecular formula is C19H24F3N5O3S. The first-order chi connectivity index (χ1) is 14.4. The van der Waals surface area contributed by atoms with Crippen LogP contribution in [0.15, 0.2) is 29.4 Å². The number of thioether (sulfide) groups is 1. The minimum atomic E-state index is -4.78. The topological polar surface area (TPSA) is 112 Å². The van der Waals surface area contributed by atoms with Gasteiger partial charge in [-0.05, 0) is 37.1 Å². The first kappa shape index (κ1) is 24.5. The minimum absolute atomic E-state index is 0.144. The van der Waals surface area contributed by atoms with Gasteiger partial charge in [-0.3, -0.25) is 9.59 Å². The van der Waals surface area contributed by atoms with Crippen molar-refractivity contribution in [3.05, 3.63) is 30.1 Å². The summed E-state index contributed by atoms with van der Waals surface area (Å²) in [5, 5.41) is 10.9. The molecule has 0 radical (unpaired) electrons. The van der Waals surface area contributed by atoms with E-state index < -0.39 is 17.5 Å². The predicted octanol–water partition coefficient (Wildman–Crippen LogP) is 3.37. The highest BCUT2D eigenvalue weighted by Crippen LogP contribution is 2.26. The van der Waals surface area contributed by atoms with Gasteiger partial charge in [0, 0.05) is 25.1 Å². The second-order valence-electron chi connectivity index (χ2n) is 7.19. The van der Waals surface area contributed by atoms with Crippen molar-refractivity contribution in [2.24, 2.45) is 11.7 Å². The van der Waals surface area contributed by atoms with Crippen LogP contribution >= 0.6 is 11.8 Å². The second-order valence-corrected chi connectivity index (χ2v) is 8.50. The van der Waals surface area contributed by atoms with Gasteiger partial charge in [-0.1, -0.05) is 25.6 Å². The number of alkyl halides is 3. The summed E-state index contributed by atoms with van der Waals surface area (Å²) >= 11 is 1.19. The Morgan fingerprint density at radius 3 is 2.39 bits per heavy atom. The predicted molar refractivity (Wildman–Crippen MR) is 109 cm³/mol. The number of nitrogens with one attached hydrogen (secondary N) is 1.